The molecule has 5 heteroatoms. The third-order valence-corrected chi connectivity index (χ3v) is 7.18. The Balaban J connectivity index is 1.15. The molecule has 0 bridgehead atoms. The van der Waals surface area contributed by atoms with Crippen molar-refractivity contribution in [2.75, 3.05) is 13.1 Å². The van der Waals surface area contributed by atoms with Crippen LogP contribution >= 0.6 is 0 Å². The van der Waals surface area contributed by atoms with E-state index in [4.69, 9.17) is 5.10 Å². The van der Waals surface area contributed by atoms with Gasteiger partial charge in [-0.15, -0.1) is 0 Å². The zero-order valence-corrected chi connectivity index (χ0v) is 16.6. The van der Waals surface area contributed by atoms with Gasteiger partial charge in [-0.3, -0.25) is 4.79 Å². The van der Waals surface area contributed by atoms with E-state index >= 15 is 0 Å². The van der Waals surface area contributed by atoms with Gasteiger partial charge in [0.1, 0.15) is 0 Å². The number of amides is 1. The van der Waals surface area contributed by atoms with Gasteiger partial charge in [0.15, 0.2) is 0 Å². The van der Waals surface area contributed by atoms with Crippen LogP contribution in [-0.2, 0) is 4.79 Å². The molecule has 148 valence electrons. The molecule has 3 fully saturated rings. The molecule has 1 spiro atoms. The van der Waals surface area contributed by atoms with Gasteiger partial charge in [-0.25, -0.2) is 4.68 Å². The fraction of sp³-hybridized carbons (Fsp3) is 0.565. The van der Waals surface area contributed by atoms with Crippen molar-refractivity contribution >= 4 is 5.91 Å². The van der Waals surface area contributed by atoms with Gasteiger partial charge < -0.3 is 10.0 Å². The van der Waals surface area contributed by atoms with Crippen LogP contribution in [0.3, 0.4) is 0 Å². The Morgan fingerprint density at radius 3 is 2.43 bits per heavy atom. The maximum absolute atomic E-state index is 12.5. The van der Waals surface area contributed by atoms with Crippen LogP contribution < -0.4 is 0 Å². The standard InChI is InChI=1S/C23H29N3O2/c1-22(28)13-18(14-22)21(27)25-15-23(16-25)10-7-17(8-11-23)20-9-12-26(24-20)19-5-3-2-4-6-19/h2-6,9,12,17-18,28H,7-8,10-11,13-16H2,1H3. The third kappa shape index (κ3) is 3.16. The molecule has 28 heavy (non-hydrogen) atoms. The average molecular weight is 380 g/mol. The number of carbonyl (C=O) groups is 1. The summed E-state index contributed by atoms with van der Waals surface area (Å²) in [5.74, 6) is 0.841. The molecule has 2 aromatic rings. The molecular formula is C23H29N3O2. The van der Waals surface area contributed by atoms with Crippen LogP contribution in [0.1, 0.15) is 57.1 Å². The number of aromatic nitrogens is 2. The van der Waals surface area contributed by atoms with E-state index in [1.165, 1.54) is 18.5 Å². The number of hydrogen-bond acceptors (Lipinski definition) is 3. The van der Waals surface area contributed by atoms with Gasteiger partial charge in [-0.05, 0) is 63.6 Å². The van der Waals surface area contributed by atoms with Gasteiger partial charge in [0.05, 0.1) is 17.0 Å². The molecule has 5 rings (SSSR count). The monoisotopic (exact) mass is 379 g/mol. The van der Waals surface area contributed by atoms with Crippen molar-refractivity contribution in [2.24, 2.45) is 11.3 Å². The van der Waals surface area contributed by atoms with Crippen LogP contribution in [-0.4, -0.2) is 44.4 Å². The SMILES string of the molecule is CC1(O)CC(C(=O)N2CC3(CCC(c4ccn(-c5ccccc5)n4)CC3)C2)C1. The number of likely N-dealkylation sites (tertiary alicyclic amines) is 1. The minimum absolute atomic E-state index is 0.0469. The molecule has 2 aliphatic carbocycles. The molecule has 1 amide bonds. The number of hydrogen-bond donors (Lipinski definition) is 1. The van der Waals surface area contributed by atoms with E-state index in [1.54, 1.807) is 0 Å². The van der Waals surface area contributed by atoms with Gasteiger partial charge in [0.2, 0.25) is 5.91 Å². The van der Waals surface area contributed by atoms with E-state index in [0.29, 0.717) is 24.2 Å². The van der Waals surface area contributed by atoms with Crippen molar-refractivity contribution in [1.82, 2.24) is 14.7 Å². The molecule has 0 atom stereocenters. The van der Waals surface area contributed by atoms with Crippen molar-refractivity contribution in [3.8, 4) is 5.69 Å². The molecular weight excluding hydrogens is 350 g/mol. The van der Waals surface area contributed by atoms with E-state index < -0.39 is 5.60 Å². The Labute approximate surface area is 166 Å². The summed E-state index contributed by atoms with van der Waals surface area (Å²) in [4.78, 5) is 14.6. The lowest BCUT2D eigenvalue weighted by atomic mass is 9.64. The van der Waals surface area contributed by atoms with E-state index in [2.05, 4.69) is 24.4 Å². The highest BCUT2D eigenvalue weighted by molar-refractivity contribution is 5.81. The number of nitrogens with zero attached hydrogens (tertiary/aromatic N) is 3. The fourth-order valence-electron chi connectivity index (χ4n) is 5.48. The van der Waals surface area contributed by atoms with Crippen LogP contribution in [0.15, 0.2) is 42.6 Å². The summed E-state index contributed by atoms with van der Waals surface area (Å²) in [6.45, 7) is 3.65. The van der Waals surface area contributed by atoms with Gasteiger partial charge in [-0.1, -0.05) is 18.2 Å². The molecule has 0 unspecified atom stereocenters. The average Bonchev–Trinajstić information content (AvgIpc) is 3.14. The Hall–Kier alpha value is -2.14. The number of para-hydroxylation sites is 1. The molecule has 0 radical (unpaired) electrons. The second kappa shape index (κ2) is 6.45. The minimum Gasteiger partial charge on any atom is -0.390 e. The summed E-state index contributed by atoms with van der Waals surface area (Å²) in [5, 5.41) is 14.7. The Bertz CT molecular complexity index is 849. The molecule has 3 aliphatic rings. The largest absolute Gasteiger partial charge is 0.390 e. The first kappa shape index (κ1) is 17.9. The Morgan fingerprint density at radius 2 is 1.79 bits per heavy atom. The maximum Gasteiger partial charge on any atom is 0.225 e. The number of carbonyl (C=O) groups excluding carboxylic acids is 1. The van der Waals surface area contributed by atoms with Crippen molar-refractivity contribution in [3.05, 3.63) is 48.3 Å². The van der Waals surface area contributed by atoms with E-state index in [-0.39, 0.29) is 11.8 Å². The molecule has 2 saturated carbocycles. The first-order chi connectivity index (χ1) is 13.4. The topological polar surface area (TPSA) is 58.4 Å². The van der Waals surface area contributed by atoms with Crippen molar-refractivity contribution in [1.29, 1.82) is 0 Å². The van der Waals surface area contributed by atoms with Crippen molar-refractivity contribution in [3.63, 3.8) is 0 Å². The summed E-state index contributed by atoms with van der Waals surface area (Å²) in [6.07, 6.45) is 8.00. The highest BCUT2D eigenvalue weighted by Crippen LogP contribution is 2.49. The van der Waals surface area contributed by atoms with E-state index in [0.717, 1.165) is 31.6 Å². The Kier molecular flexibility index (Phi) is 4.13. The number of rotatable bonds is 3. The first-order valence-corrected chi connectivity index (χ1v) is 10.6. The molecule has 1 saturated heterocycles. The van der Waals surface area contributed by atoms with E-state index in [9.17, 15) is 9.90 Å². The van der Waals surface area contributed by atoms with Crippen LogP contribution in [0.25, 0.3) is 5.69 Å². The highest BCUT2D eigenvalue weighted by Gasteiger charge is 2.51. The Morgan fingerprint density at radius 1 is 1.11 bits per heavy atom. The zero-order chi connectivity index (χ0) is 19.4. The van der Waals surface area contributed by atoms with Gasteiger partial charge in [0.25, 0.3) is 0 Å². The quantitative estimate of drug-likeness (QED) is 0.888. The lowest BCUT2D eigenvalue weighted by Crippen LogP contribution is -2.62. The predicted molar refractivity (Wildman–Crippen MR) is 107 cm³/mol. The minimum atomic E-state index is -0.621. The molecule has 5 nitrogen and oxygen atoms in total. The smallest absolute Gasteiger partial charge is 0.225 e. The molecule has 1 aromatic heterocycles. The molecule has 1 aliphatic heterocycles. The zero-order valence-electron chi connectivity index (χ0n) is 16.6. The second-order valence-electron chi connectivity index (χ2n) is 9.59. The van der Waals surface area contributed by atoms with Gasteiger partial charge in [0, 0.05) is 36.5 Å². The first-order valence-electron chi connectivity index (χ1n) is 10.6. The van der Waals surface area contributed by atoms with Crippen LogP contribution in [0.2, 0.25) is 0 Å². The molecule has 2 heterocycles. The van der Waals surface area contributed by atoms with Crippen LogP contribution in [0.4, 0.5) is 0 Å². The van der Waals surface area contributed by atoms with Crippen molar-refractivity contribution in [2.45, 2.75) is 57.0 Å². The molecule has 1 aromatic carbocycles. The lowest BCUT2D eigenvalue weighted by Gasteiger charge is -2.55. The lowest BCUT2D eigenvalue weighted by molar-refractivity contribution is -0.163. The highest BCUT2D eigenvalue weighted by atomic mass is 16.3. The summed E-state index contributed by atoms with van der Waals surface area (Å²) >= 11 is 0. The summed E-state index contributed by atoms with van der Waals surface area (Å²) in [6, 6.07) is 12.4. The predicted octanol–water partition coefficient (Wildman–Crippen LogP) is 3.52. The van der Waals surface area contributed by atoms with Gasteiger partial charge >= 0.3 is 0 Å². The third-order valence-electron chi connectivity index (χ3n) is 7.18. The summed E-state index contributed by atoms with van der Waals surface area (Å²) in [5.41, 5.74) is 2.01. The number of benzene rings is 1. The fourth-order valence-corrected chi connectivity index (χ4v) is 5.48. The van der Waals surface area contributed by atoms with E-state index in [1.807, 2.05) is 34.7 Å². The van der Waals surface area contributed by atoms with Crippen LogP contribution in [0.5, 0.6) is 0 Å². The number of aliphatic hydroxyl groups is 1. The van der Waals surface area contributed by atoms with Crippen LogP contribution in [0, 0.1) is 11.3 Å². The second-order valence-corrected chi connectivity index (χ2v) is 9.59. The van der Waals surface area contributed by atoms with Gasteiger partial charge in [-0.2, -0.15) is 5.10 Å². The normalized spacial score (nSPS) is 29.4. The summed E-state index contributed by atoms with van der Waals surface area (Å²) in [7, 11) is 0. The maximum atomic E-state index is 12.5. The molecule has 1 N–H and O–H groups in total. The van der Waals surface area contributed by atoms with Crippen molar-refractivity contribution < 1.29 is 9.90 Å². The summed E-state index contributed by atoms with van der Waals surface area (Å²) < 4.78 is 1.97.